The number of nitrogens with two attached hydrogens (primary N) is 1. The first-order valence-corrected chi connectivity index (χ1v) is 22.1. The monoisotopic (exact) mass is 711 g/mol. The zero-order valence-corrected chi connectivity index (χ0v) is 31.1. The van der Waals surface area contributed by atoms with E-state index in [4.69, 9.17) is 14.7 Å². The summed E-state index contributed by atoms with van der Waals surface area (Å²) in [6.45, 7) is 12.6. The molecule has 0 unspecified atom stereocenters. The van der Waals surface area contributed by atoms with Crippen molar-refractivity contribution < 1.29 is 31.3 Å². The number of nitrogens with zero attached hydrogens (tertiary/aromatic N) is 2. The minimum atomic E-state index is -4.93. The fourth-order valence-corrected chi connectivity index (χ4v) is 11.4. The summed E-state index contributed by atoms with van der Waals surface area (Å²) in [6.07, 6.45) is 3.70. The smallest absolute Gasteiger partial charge is 0.414 e. The first-order chi connectivity index (χ1) is 22.5. The van der Waals surface area contributed by atoms with Gasteiger partial charge in [0.2, 0.25) is 5.91 Å². The molecule has 0 saturated carbocycles. The molecule has 10 nitrogen and oxygen atoms in total. The number of carbonyl (C=O) groups is 2. The van der Waals surface area contributed by atoms with Crippen molar-refractivity contribution in [3.63, 3.8) is 0 Å². The molecule has 3 aromatic carbocycles. The summed E-state index contributed by atoms with van der Waals surface area (Å²) < 4.78 is 41.4. The summed E-state index contributed by atoms with van der Waals surface area (Å²) in [6, 6.07) is 30.4. The van der Waals surface area contributed by atoms with Gasteiger partial charge in [0.05, 0.1) is 19.2 Å². The Morgan fingerprint density at radius 3 is 1.79 bits per heavy atom. The summed E-state index contributed by atoms with van der Waals surface area (Å²) in [5.74, 6) is 1.64. The molecule has 5 rings (SSSR count). The van der Waals surface area contributed by atoms with Gasteiger partial charge in [-0.1, -0.05) is 20.8 Å². The van der Waals surface area contributed by atoms with Gasteiger partial charge in [0.15, 0.2) is 8.32 Å². The number of carbonyl (C=O) groups excluding carboxylic acids is 2. The van der Waals surface area contributed by atoms with Gasteiger partial charge in [-0.25, -0.2) is 4.79 Å². The largest absolute Gasteiger partial charge is 0.418 e. The maximum Gasteiger partial charge on any atom is 0.418 e. The fraction of sp³-hybridized carbons (Fsp3) is 0.314. The summed E-state index contributed by atoms with van der Waals surface area (Å²) in [4.78, 5) is 25.6. The van der Waals surface area contributed by atoms with Crippen molar-refractivity contribution in [2.24, 2.45) is 5.73 Å². The summed E-state index contributed by atoms with van der Waals surface area (Å²) in [7, 11) is -9.14. The second kappa shape index (κ2) is 14.9. The van der Waals surface area contributed by atoms with Gasteiger partial charge in [-0.2, -0.15) is 13.5 Å². The van der Waals surface area contributed by atoms with E-state index in [0.717, 1.165) is 0 Å². The van der Waals surface area contributed by atoms with Crippen molar-refractivity contribution in [1.82, 2.24) is 9.96 Å². The molecule has 3 N–H and O–H groups in total. The van der Waals surface area contributed by atoms with Gasteiger partial charge in [-0.3, -0.25) is 9.35 Å². The van der Waals surface area contributed by atoms with Gasteiger partial charge in [-0.05, 0) is 24.2 Å². The zero-order chi connectivity index (χ0) is 35.3. The van der Waals surface area contributed by atoms with E-state index in [0.29, 0.717) is 5.06 Å². The molecule has 0 aromatic heterocycles. The molecule has 13 heteroatoms. The predicted octanol–water partition coefficient (Wildman–Crippen LogP) is 4.89. The molecule has 48 heavy (non-hydrogen) atoms. The Morgan fingerprint density at radius 1 is 0.958 bits per heavy atom. The van der Waals surface area contributed by atoms with Crippen molar-refractivity contribution >= 4 is 53.8 Å². The number of hydrogen-bond acceptors (Lipinski definition) is 6. The van der Waals surface area contributed by atoms with Crippen LogP contribution in [0.4, 0.5) is 4.79 Å². The van der Waals surface area contributed by atoms with E-state index in [1.165, 1.54) is 26.9 Å². The third-order valence-electron chi connectivity index (χ3n) is 9.20. The Labute approximate surface area is 285 Å². The van der Waals surface area contributed by atoms with Crippen molar-refractivity contribution in [3.8, 4) is 0 Å². The van der Waals surface area contributed by atoms with Crippen molar-refractivity contribution in [2.45, 2.75) is 57.9 Å². The van der Waals surface area contributed by atoms with Gasteiger partial charge in [0, 0.05) is 5.57 Å². The molecule has 1 fully saturated rings. The predicted molar refractivity (Wildman–Crippen MR) is 196 cm³/mol. The Hall–Kier alpha value is -3.64. The average Bonchev–Trinajstić information content (AvgIpc) is 3.29. The molecule has 0 aliphatic carbocycles. The molecule has 0 radical (unpaired) electrons. The van der Waals surface area contributed by atoms with Crippen LogP contribution in [0.5, 0.6) is 0 Å². The number of allylic oxidation sites excluding steroid dienone is 1. The second-order valence-corrected chi connectivity index (χ2v) is 22.8. The molecule has 2 bridgehead atoms. The molecular weight excluding hydrogens is 666 g/mol. The molecule has 1 saturated heterocycles. The topological polar surface area (TPSA) is 139 Å². The number of primary amides is 1. The maximum atomic E-state index is 12.5. The number of rotatable bonds is 10. The van der Waals surface area contributed by atoms with Crippen LogP contribution in [0.3, 0.4) is 0 Å². The average molecular weight is 712 g/mol. The number of fused-ring (bicyclic) bond motifs is 2. The Kier molecular flexibility index (Phi) is 11.5. The number of amides is 3. The summed E-state index contributed by atoms with van der Waals surface area (Å²) in [5, 5.41) is 4.68. The number of hydrogen-bond donors (Lipinski definition) is 2. The van der Waals surface area contributed by atoms with Gasteiger partial charge < -0.3 is 15.1 Å². The zero-order valence-electron chi connectivity index (χ0n) is 28.2. The van der Waals surface area contributed by atoms with E-state index in [-0.39, 0.29) is 23.8 Å². The molecule has 258 valence electrons. The van der Waals surface area contributed by atoms with Crippen molar-refractivity contribution in [1.29, 1.82) is 0 Å². The van der Waals surface area contributed by atoms with Crippen molar-refractivity contribution in [3.05, 3.63) is 115 Å². The SMILES string of the molecule is C/C=C/[PH](c1ccccc1)(c1ccccc1)c1ccccc1.CC(C)(C)[Si](C)(C)OC[C@@H]1C=C(C(N)=O)[C@@H]2CN1C(=O)N2OS(=O)(=O)O. The van der Waals surface area contributed by atoms with Crippen LogP contribution in [0.25, 0.3) is 0 Å². The normalized spacial score (nSPS) is 18.7. The molecule has 2 atom stereocenters. The molecule has 2 heterocycles. The molecular formula is C35H46N3O7PSSi. The third-order valence-corrected chi connectivity index (χ3v) is 18.6. The van der Waals surface area contributed by atoms with E-state index in [2.05, 4.69) is 148 Å². The van der Waals surface area contributed by atoms with Gasteiger partial charge in [0.25, 0.3) is 0 Å². The maximum absolute atomic E-state index is 12.5. The number of urea groups is 1. The Bertz CT molecular complexity index is 1650. The van der Waals surface area contributed by atoms with Crippen molar-refractivity contribution in [2.75, 3.05) is 13.2 Å². The summed E-state index contributed by atoms with van der Waals surface area (Å²) in [5.41, 5.74) is 5.41. The van der Waals surface area contributed by atoms with Crippen LogP contribution in [0.15, 0.2) is 115 Å². The van der Waals surface area contributed by atoms with E-state index in [1.54, 1.807) is 0 Å². The van der Waals surface area contributed by atoms with Crippen LogP contribution in [-0.4, -0.2) is 68.4 Å². The first-order valence-electron chi connectivity index (χ1n) is 15.7. The molecule has 3 aromatic rings. The van der Waals surface area contributed by atoms with Crippen LogP contribution in [0.1, 0.15) is 27.7 Å². The van der Waals surface area contributed by atoms with Gasteiger partial charge >= 0.3 is 149 Å². The first kappa shape index (κ1) is 37.2. The van der Waals surface area contributed by atoms with E-state index in [9.17, 15) is 18.0 Å². The van der Waals surface area contributed by atoms with Crippen LogP contribution < -0.4 is 21.6 Å². The van der Waals surface area contributed by atoms with E-state index in [1.807, 2.05) is 0 Å². The standard InChI is InChI=1S/C21H21P.C14H25N3O7SSi/c1-2-18-22(19-12-6-3-7-13-19,20-14-8-4-9-15-20)21-16-10-5-11-17-21;1-14(2,3)26(4,5)23-8-9-6-10(12(15)18)11-7-16(9)13(19)17(11)24-25(20,21)22/h2-18,22H,1H3;6,9,11H,7-8H2,1-5H3,(H2,15,18)(H,20,21,22)/b18-2+;/t;9-,11-/m.0/s1. The fourth-order valence-electron chi connectivity index (χ4n) is 5.73. The van der Waals surface area contributed by atoms with E-state index >= 15 is 0 Å². The number of benzene rings is 3. The van der Waals surface area contributed by atoms with Crippen LogP contribution in [-0.2, 0) is 23.9 Å². The Balaban J connectivity index is 0.000000219. The number of hydroxylamine groups is 2. The van der Waals surface area contributed by atoms with E-state index < -0.39 is 50.0 Å². The quantitative estimate of drug-likeness (QED) is 0.174. The van der Waals surface area contributed by atoms with Gasteiger partial charge in [0.1, 0.15) is 6.04 Å². The molecule has 0 spiro atoms. The van der Waals surface area contributed by atoms with Crippen LogP contribution in [0, 0.1) is 0 Å². The molecule has 3 amide bonds. The van der Waals surface area contributed by atoms with Crippen LogP contribution in [0.2, 0.25) is 18.1 Å². The summed E-state index contributed by atoms with van der Waals surface area (Å²) >= 11 is 0. The van der Waals surface area contributed by atoms with Gasteiger partial charge in [-0.15, -0.1) is 4.28 Å². The second-order valence-electron chi connectivity index (χ2n) is 13.3. The Morgan fingerprint density at radius 2 is 1.42 bits per heavy atom. The minimum Gasteiger partial charge on any atom is -0.414 e. The van der Waals surface area contributed by atoms with Crippen LogP contribution >= 0.6 is 7.26 Å². The molecule has 2 aliphatic rings. The minimum absolute atomic E-state index is 0.00859. The third kappa shape index (κ3) is 8.14. The molecule has 2 aliphatic heterocycles.